The number of rotatable bonds is 7. The van der Waals surface area contributed by atoms with Crippen LogP contribution in [0.4, 0.5) is 0 Å². The van der Waals surface area contributed by atoms with E-state index in [9.17, 15) is 4.57 Å². The molecule has 0 fully saturated rings. The summed E-state index contributed by atoms with van der Waals surface area (Å²) in [6.45, 7) is 4.19. The van der Waals surface area contributed by atoms with E-state index >= 15 is 0 Å². The van der Waals surface area contributed by atoms with Crippen LogP contribution >= 0.6 is 8.25 Å². The Morgan fingerprint density at radius 2 is 1.67 bits per heavy atom. The van der Waals surface area contributed by atoms with E-state index in [0.29, 0.717) is 6.42 Å². The second kappa shape index (κ2) is 14.1. The van der Waals surface area contributed by atoms with Gasteiger partial charge in [0.05, 0.1) is 6.61 Å². The molecule has 0 aliphatic rings. The zero-order valence-electron chi connectivity index (χ0n) is 9.48. The van der Waals surface area contributed by atoms with Gasteiger partial charge in [-0.2, -0.15) is 0 Å². The topological polar surface area (TPSA) is 87.0 Å². The van der Waals surface area contributed by atoms with Crippen molar-refractivity contribution in [2.24, 2.45) is 5.92 Å². The quantitative estimate of drug-likeness (QED) is 0.583. The fraction of sp³-hybridized carbons (Fsp3) is 1.00. The number of unbranched alkanes of at least 4 members (excludes halogenated alkanes) is 1. The highest BCUT2D eigenvalue weighted by atomic mass is 31.1. The van der Waals surface area contributed by atoms with E-state index in [1.54, 1.807) is 0 Å². The van der Waals surface area contributed by atoms with Gasteiger partial charge in [-0.1, -0.05) is 26.7 Å². The second-order valence-electron chi connectivity index (χ2n) is 3.13. The van der Waals surface area contributed by atoms with E-state index in [0.717, 1.165) is 0 Å². The number of hydrogen-bond acceptors (Lipinski definition) is 4. The lowest BCUT2D eigenvalue weighted by atomic mass is 10.1. The van der Waals surface area contributed by atoms with Crippen molar-refractivity contribution in [1.29, 1.82) is 0 Å². The van der Waals surface area contributed by atoms with Gasteiger partial charge in [0.2, 0.25) is 0 Å². The highest BCUT2D eigenvalue weighted by Gasteiger charge is 2.05. The molecule has 0 saturated heterocycles. The normalized spacial score (nSPS) is 12.1. The smallest absolute Gasteiger partial charge is 0.316 e. The number of hydrogen-bond donors (Lipinski definition) is 3. The third-order valence-electron chi connectivity index (χ3n) is 1.77. The fourth-order valence-corrected chi connectivity index (χ4v) is 0.846. The molecule has 0 radical (unpaired) electrons. The molecule has 0 amide bonds. The van der Waals surface area contributed by atoms with Crippen LogP contribution in [0.1, 0.15) is 33.1 Å². The Morgan fingerprint density at radius 3 is 1.93 bits per heavy atom. The molecule has 0 aromatic rings. The summed E-state index contributed by atoms with van der Waals surface area (Å²) < 4.78 is 14.4. The van der Waals surface area contributed by atoms with Crippen molar-refractivity contribution in [3.8, 4) is 0 Å². The van der Waals surface area contributed by atoms with Gasteiger partial charge in [0, 0.05) is 19.1 Å². The third kappa shape index (κ3) is 16.7. The summed E-state index contributed by atoms with van der Waals surface area (Å²) in [7, 11) is -2.86. The summed E-state index contributed by atoms with van der Waals surface area (Å²) in [6.07, 6.45) is 3.03. The molecule has 1 unspecified atom stereocenters. The molecule has 0 aromatic carbocycles. The van der Waals surface area contributed by atoms with Gasteiger partial charge in [-0.3, -0.25) is 4.57 Å². The van der Waals surface area contributed by atoms with E-state index in [2.05, 4.69) is 18.4 Å². The van der Waals surface area contributed by atoms with Crippen molar-refractivity contribution >= 4 is 8.25 Å². The average Bonchev–Trinajstić information content (AvgIpc) is 2.24. The van der Waals surface area contributed by atoms with E-state index in [-0.39, 0.29) is 25.7 Å². The first kappa shape index (κ1) is 17.5. The van der Waals surface area contributed by atoms with Crippen molar-refractivity contribution in [3.63, 3.8) is 0 Å². The SMILES string of the molecule is CCCC.O=[PH](O)OCCC(CO)CO. The summed E-state index contributed by atoms with van der Waals surface area (Å²) in [5, 5.41) is 17.1. The summed E-state index contributed by atoms with van der Waals surface area (Å²) >= 11 is 0. The molecular formula is C9H23O5P. The third-order valence-corrected chi connectivity index (χ3v) is 2.22. The molecule has 0 rings (SSSR count). The zero-order valence-corrected chi connectivity index (χ0v) is 10.5. The first-order valence-corrected chi connectivity index (χ1v) is 6.46. The Balaban J connectivity index is 0. The lowest BCUT2D eigenvalue weighted by molar-refractivity contribution is 0.127. The highest BCUT2D eigenvalue weighted by Crippen LogP contribution is 2.15. The monoisotopic (exact) mass is 242 g/mol. The molecule has 0 saturated carbocycles. The summed E-state index contributed by atoms with van der Waals surface area (Å²) in [5.41, 5.74) is 0. The van der Waals surface area contributed by atoms with Crippen LogP contribution in [0.5, 0.6) is 0 Å². The standard InChI is InChI=1S/C5H13O5P.C4H10/c6-3-5(4-7)1-2-10-11(8)9;1-3-4-2/h5-7,11H,1-4H2,(H,8,9);3-4H2,1-2H3. The minimum Gasteiger partial charge on any atom is -0.396 e. The van der Waals surface area contributed by atoms with Crippen molar-refractivity contribution in [2.45, 2.75) is 33.1 Å². The fourth-order valence-electron chi connectivity index (χ4n) is 0.553. The maximum absolute atomic E-state index is 10.00. The van der Waals surface area contributed by atoms with Crippen LogP contribution in [0.25, 0.3) is 0 Å². The molecule has 5 nitrogen and oxygen atoms in total. The number of aliphatic hydroxyl groups is 2. The van der Waals surface area contributed by atoms with Crippen LogP contribution in [0.2, 0.25) is 0 Å². The molecular weight excluding hydrogens is 219 g/mol. The second-order valence-corrected chi connectivity index (χ2v) is 3.95. The van der Waals surface area contributed by atoms with Crippen LogP contribution in [0, 0.1) is 5.92 Å². The Morgan fingerprint density at radius 1 is 1.20 bits per heavy atom. The summed E-state index contributed by atoms with van der Waals surface area (Å²) in [4.78, 5) is 8.21. The molecule has 0 aliphatic carbocycles. The van der Waals surface area contributed by atoms with E-state index in [1.165, 1.54) is 12.8 Å². The molecule has 0 spiro atoms. The molecule has 0 bridgehead atoms. The van der Waals surface area contributed by atoms with Gasteiger partial charge in [-0.25, -0.2) is 0 Å². The van der Waals surface area contributed by atoms with Gasteiger partial charge < -0.3 is 19.6 Å². The van der Waals surface area contributed by atoms with Gasteiger partial charge >= 0.3 is 8.25 Å². The van der Waals surface area contributed by atoms with Gasteiger partial charge in [0.25, 0.3) is 0 Å². The molecule has 0 aliphatic heterocycles. The molecule has 6 heteroatoms. The molecule has 3 N–H and O–H groups in total. The predicted octanol–water partition coefficient (Wildman–Crippen LogP) is 1.18. The lowest BCUT2D eigenvalue weighted by Gasteiger charge is -2.08. The Hall–Kier alpha value is 0.0700. The van der Waals surface area contributed by atoms with Crippen molar-refractivity contribution in [2.75, 3.05) is 19.8 Å². The van der Waals surface area contributed by atoms with Crippen LogP contribution in [0.3, 0.4) is 0 Å². The van der Waals surface area contributed by atoms with Gasteiger partial charge in [-0.05, 0) is 6.42 Å². The predicted molar refractivity (Wildman–Crippen MR) is 60.0 cm³/mol. The molecule has 15 heavy (non-hydrogen) atoms. The minimum atomic E-state index is -2.86. The maximum atomic E-state index is 10.00. The Kier molecular flexibility index (Phi) is 16.4. The Bertz CT molecular complexity index is 136. The zero-order chi connectivity index (χ0) is 12.1. The molecule has 1 atom stereocenters. The lowest BCUT2D eigenvalue weighted by Crippen LogP contribution is -2.12. The highest BCUT2D eigenvalue weighted by molar-refractivity contribution is 7.32. The van der Waals surface area contributed by atoms with Crippen LogP contribution in [-0.4, -0.2) is 34.9 Å². The molecule has 94 valence electrons. The minimum absolute atomic E-state index is 0.0973. The maximum Gasteiger partial charge on any atom is 0.316 e. The average molecular weight is 242 g/mol. The number of aliphatic hydroxyl groups excluding tert-OH is 2. The first-order valence-electron chi connectivity index (χ1n) is 5.19. The van der Waals surface area contributed by atoms with Crippen LogP contribution in [0.15, 0.2) is 0 Å². The van der Waals surface area contributed by atoms with Crippen LogP contribution in [-0.2, 0) is 9.09 Å². The van der Waals surface area contributed by atoms with E-state index in [1.807, 2.05) is 0 Å². The van der Waals surface area contributed by atoms with E-state index < -0.39 is 8.25 Å². The van der Waals surface area contributed by atoms with Gasteiger partial charge in [0.1, 0.15) is 0 Å². The van der Waals surface area contributed by atoms with Crippen LogP contribution < -0.4 is 0 Å². The molecule has 0 heterocycles. The van der Waals surface area contributed by atoms with Gasteiger partial charge in [0.15, 0.2) is 0 Å². The van der Waals surface area contributed by atoms with Gasteiger partial charge in [-0.15, -0.1) is 0 Å². The largest absolute Gasteiger partial charge is 0.396 e. The Labute approximate surface area is 92.0 Å². The van der Waals surface area contributed by atoms with Crippen molar-refractivity contribution < 1.29 is 24.2 Å². The molecule has 0 aromatic heterocycles. The first-order chi connectivity index (χ1) is 7.12. The summed E-state index contributed by atoms with van der Waals surface area (Å²) in [5.74, 6) is -0.253. The van der Waals surface area contributed by atoms with Crippen molar-refractivity contribution in [3.05, 3.63) is 0 Å². The summed E-state index contributed by atoms with van der Waals surface area (Å²) in [6, 6.07) is 0. The van der Waals surface area contributed by atoms with E-state index in [4.69, 9.17) is 15.1 Å². The van der Waals surface area contributed by atoms with Crippen molar-refractivity contribution in [1.82, 2.24) is 0 Å².